The minimum atomic E-state index is -1.33. The van der Waals surface area contributed by atoms with Crippen molar-refractivity contribution >= 4 is 57.7 Å². The molecule has 0 bridgehead atoms. The summed E-state index contributed by atoms with van der Waals surface area (Å²) in [6, 6.07) is -0.993. The van der Waals surface area contributed by atoms with E-state index in [0.29, 0.717) is 5.57 Å². The number of β-lactam (4-membered cyclic amide) rings is 1. The predicted octanol–water partition coefficient (Wildman–Crippen LogP) is -0.109. The molecule has 0 unspecified atom stereocenters. The van der Waals surface area contributed by atoms with Crippen LogP contribution in [0.4, 0.5) is 5.13 Å². The smallest absolute Gasteiger partial charge is 0.352 e. The molecule has 1 aromatic heterocycles. The van der Waals surface area contributed by atoms with Crippen LogP contribution < -0.4 is 11.1 Å². The molecule has 3 heterocycles. The summed E-state index contributed by atoms with van der Waals surface area (Å²) >= 11 is 2.32. The van der Waals surface area contributed by atoms with E-state index in [9.17, 15) is 24.3 Å². The summed E-state index contributed by atoms with van der Waals surface area (Å²) in [6.07, 6.45) is 1.00. The molecule has 4 N–H and O–H groups in total. The van der Waals surface area contributed by atoms with Crippen molar-refractivity contribution in [1.82, 2.24) is 15.2 Å². The first kappa shape index (κ1) is 22.3. The van der Waals surface area contributed by atoms with E-state index in [1.807, 2.05) is 0 Å². The molecule has 2 aliphatic heterocycles. The first-order chi connectivity index (χ1) is 14.7. The Hall–Kier alpha value is -3.39. The standard InChI is InChI=1S/C17H17N5O7S2/c1-3-29-21-10(9-6-31-17(18)19-9)13(24)20-11-14(25)22-12(16(26)27)8(4-28-7(2)23)5-30-15(11)22/h3,6,11,15H,1,4-5H2,2H3,(H2,18,19)(H,20,24)(H,26,27)/b21-10-/t11-,15-/m1/s1. The first-order valence-corrected chi connectivity index (χ1v) is 10.6. The fourth-order valence-corrected chi connectivity index (χ4v) is 4.76. The van der Waals surface area contributed by atoms with Gasteiger partial charge in [0, 0.05) is 23.6 Å². The molecular formula is C17H17N5O7S2. The summed E-state index contributed by atoms with van der Waals surface area (Å²) in [5, 5.41) is 16.8. The summed E-state index contributed by atoms with van der Waals surface area (Å²) in [4.78, 5) is 58.0. The van der Waals surface area contributed by atoms with Crippen molar-refractivity contribution in [2.75, 3.05) is 18.1 Å². The third kappa shape index (κ3) is 4.54. The summed E-state index contributed by atoms with van der Waals surface area (Å²) in [5.41, 5.74) is 5.57. The Morgan fingerprint density at radius 3 is 2.84 bits per heavy atom. The molecule has 0 spiro atoms. The van der Waals surface area contributed by atoms with Gasteiger partial charge in [-0.3, -0.25) is 19.3 Å². The monoisotopic (exact) mass is 467 g/mol. The van der Waals surface area contributed by atoms with E-state index in [-0.39, 0.29) is 34.6 Å². The molecule has 1 saturated heterocycles. The zero-order chi connectivity index (χ0) is 22.7. The Balaban J connectivity index is 1.78. The summed E-state index contributed by atoms with van der Waals surface area (Å²) in [6.45, 7) is 4.31. The van der Waals surface area contributed by atoms with Gasteiger partial charge >= 0.3 is 11.9 Å². The van der Waals surface area contributed by atoms with E-state index in [1.165, 1.54) is 24.1 Å². The fraction of sp³-hybridized carbons (Fsp3) is 0.294. The van der Waals surface area contributed by atoms with E-state index in [0.717, 1.165) is 22.5 Å². The molecule has 0 aliphatic carbocycles. The van der Waals surface area contributed by atoms with Crippen LogP contribution in [-0.2, 0) is 28.8 Å². The molecule has 3 rings (SSSR count). The number of carboxylic acid groups (broad SMARTS) is 1. The molecule has 31 heavy (non-hydrogen) atoms. The second-order valence-electron chi connectivity index (χ2n) is 6.18. The highest BCUT2D eigenvalue weighted by Crippen LogP contribution is 2.40. The van der Waals surface area contributed by atoms with Gasteiger partial charge in [-0.1, -0.05) is 11.7 Å². The van der Waals surface area contributed by atoms with Crippen molar-refractivity contribution in [1.29, 1.82) is 0 Å². The topological polar surface area (TPSA) is 174 Å². The summed E-state index contributed by atoms with van der Waals surface area (Å²) in [7, 11) is 0. The van der Waals surface area contributed by atoms with Crippen molar-refractivity contribution in [3.8, 4) is 0 Å². The quantitative estimate of drug-likeness (QED) is 0.154. The number of nitrogen functional groups attached to an aromatic ring is 1. The van der Waals surface area contributed by atoms with Gasteiger partial charge in [0.25, 0.3) is 11.8 Å². The van der Waals surface area contributed by atoms with Crippen molar-refractivity contribution < 1.29 is 33.9 Å². The number of oxime groups is 1. The van der Waals surface area contributed by atoms with Gasteiger partial charge in [0.15, 0.2) is 10.8 Å². The normalized spacial score (nSPS) is 20.5. The highest BCUT2D eigenvalue weighted by molar-refractivity contribution is 8.00. The Morgan fingerprint density at radius 1 is 1.52 bits per heavy atom. The highest BCUT2D eigenvalue weighted by Gasteiger charge is 2.54. The first-order valence-electron chi connectivity index (χ1n) is 8.65. The average molecular weight is 467 g/mol. The number of amides is 2. The van der Waals surface area contributed by atoms with Crippen molar-refractivity contribution in [2.45, 2.75) is 18.3 Å². The lowest BCUT2D eigenvalue weighted by atomic mass is 10.0. The third-order valence-corrected chi connectivity index (χ3v) is 6.20. The van der Waals surface area contributed by atoms with Gasteiger partial charge in [-0.15, -0.1) is 23.1 Å². The number of fused-ring (bicyclic) bond motifs is 1. The van der Waals surface area contributed by atoms with Crippen LogP contribution in [0.25, 0.3) is 0 Å². The number of thiazole rings is 1. The summed E-state index contributed by atoms with van der Waals surface area (Å²) < 4.78 is 4.88. The van der Waals surface area contributed by atoms with Crippen molar-refractivity contribution in [3.05, 3.63) is 35.2 Å². The van der Waals surface area contributed by atoms with Crippen LogP contribution >= 0.6 is 23.1 Å². The number of hydrogen-bond acceptors (Lipinski definition) is 11. The maximum atomic E-state index is 12.7. The van der Waals surface area contributed by atoms with Gasteiger partial charge < -0.3 is 25.7 Å². The number of nitrogens with one attached hydrogen (secondary N) is 1. The number of rotatable bonds is 8. The SMILES string of the molecule is C=CO/N=C(\C(=O)N[C@@H]1C(=O)N2C(C(=O)O)=C(COC(C)=O)CS[C@H]12)c1csc(N)n1. The van der Waals surface area contributed by atoms with Gasteiger partial charge in [-0.05, 0) is 0 Å². The molecule has 14 heteroatoms. The molecule has 164 valence electrons. The Kier molecular flexibility index (Phi) is 6.60. The number of carbonyl (C=O) groups excluding carboxylic acids is 3. The number of carboxylic acids is 1. The molecule has 2 atom stereocenters. The van der Waals surface area contributed by atoms with Gasteiger partial charge in [-0.25, -0.2) is 9.78 Å². The second kappa shape index (κ2) is 9.18. The number of aliphatic carboxylic acids is 1. The van der Waals surface area contributed by atoms with Crippen LogP contribution in [0.1, 0.15) is 12.6 Å². The molecular weight excluding hydrogens is 450 g/mol. The Morgan fingerprint density at radius 2 is 2.26 bits per heavy atom. The second-order valence-corrected chi connectivity index (χ2v) is 8.18. The predicted molar refractivity (Wildman–Crippen MR) is 111 cm³/mol. The average Bonchev–Trinajstić information content (AvgIpc) is 3.15. The fourth-order valence-electron chi connectivity index (χ4n) is 2.88. The number of nitrogens with two attached hydrogens (primary N) is 1. The lowest BCUT2D eigenvalue weighted by Crippen LogP contribution is -2.71. The number of hydrogen-bond donors (Lipinski definition) is 3. The minimum Gasteiger partial charge on any atom is -0.477 e. The number of esters is 1. The maximum Gasteiger partial charge on any atom is 0.352 e. The zero-order valence-corrected chi connectivity index (χ0v) is 17.7. The number of anilines is 1. The zero-order valence-electron chi connectivity index (χ0n) is 16.1. The lowest BCUT2D eigenvalue weighted by molar-refractivity contribution is -0.150. The molecule has 2 aliphatic rings. The molecule has 2 amide bonds. The lowest BCUT2D eigenvalue weighted by Gasteiger charge is -2.49. The minimum absolute atomic E-state index is 0.150. The maximum absolute atomic E-state index is 12.7. The number of nitrogens with zero attached hydrogens (tertiary/aromatic N) is 3. The largest absolute Gasteiger partial charge is 0.477 e. The molecule has 1 aromatic rings. The number of ether oxygens (including phenoxy) is 1. The van der Waals surface area contributed by atoms with Gasteiger partial charge in [0.1, 0.15) is 35.7 Å². The van der Waals surface area contributed by atoms with E-state index >= 15 is 0 Å². The van der Waals surface area contributed by atoms with Crippen molar-refractivity contribution in [2.24, 2.45) is 5.16 Å². The van der Waals surface area contributed by atoms with Crippen LogP contribution in [0.15, 0.2) is 34.6 Å². The van der Waals surface area contributed by atoms with Crippen LogP contribution in [0.2, 0.25) is 0 Å². The Bertz CT molecular complexity index is 1020. The molecule has 0 saturated carbocycles. The summed E-state index contributed by atoms with van der Waals surface area (Å²) in [5.74, 6) is -3.06. The molecule has 0 aromatic carbocycles. The van der Waals surface area contributed by atoms with Crippen LogP contribution in [0.3, 0.4) is 0 Å². The van der Waals surface area contributed by atoms with Crippen LogP contribution in [0, 0.1) is 0 Å². The number of thioether (sulfide) groups is 1. The number of aromatic nitrogens is 1. The third-order valence-electron chi connectivity index (χ3n) is 4.18. The molecule has 1 fully saturated rings. The van der Waals surface area contributed by atoms with Crippen LogP contribution in [-0.4, -0.2) is 68.2 Å². The van der Waals surface area contributed by atoms with Gasteiger partial charge in [0.2, 0.25) is 0 Å². The Labute approximate surface area is 183 Å². The molecule has 0 radical (unpaired) electrons. The van der Waals surface area contributed by atoms with E-state index < -0.39 is 35.2 Å². The van der Waals surface area contributed by atoms with Gasteiger partial charge in [-0.2, -0.15) is 0 Å². The van der Waals surface area contributed by atoms with Gasteiger partial charge in [0.05, 0.1) is 0 Å². The van der Waals surface area contributed by atoms with E-state index in [2.05, 4.69) is 22.0 Å². The number of carbonyl (C=O) groups is 4. The molecule has 12 nitrogen and oxygen atoms in total. The van der Waals surface area contributed by atoms with Crippen LogP contribution in [0.5, 0.6) is 0 Å². The van der Waals surface area contributed by atoms with Crippen molar-refractivity contribution in [3.63, 3.8) is 0 Å². The highest BCUT2D eigenvalue weighted by atomic mass is 32.2. The van der Waals surface area contributed by atoms with E-state index in [4.69, 9.17) is 15.3 Å². The van der Waals surface area contributed by atoms with E-state index in [1.54, 1.807) is 0 Å².